The standard InChI is InChI=1S/C16H12FNO/c17-12-8-9-16(14(18)10-12)19-15-7-3-5-11-4-1-2-6-13(11)15/h1-10H,18H2. The largest absolute Gasteiger partial charge is 0.455 e. The van der Waals surface area contributed by atoms with Crippen molar-refractivity contribution in [3.8, 4) is 11.5 Å². The minimum atomic E-state index is -0.372. The maximum atomic E-state index is 13.0. The zero-order chi connectivity index (χ0) is 13.2. The average molecular weight is 253 g/mol. The van der Waals surface area contributed by atoms with Gasteiger partial charge in [-0.25, -0.2) is 4.39 Å². The van der Waals surface area contributed by atoms with Gasteiger partial charge in [0, 0.05) is 11.5 Å². The smallest absolute Gasteiger partial charge is 0.150 e. The normalized spacial score (nSPS) is 10.6. The van der Waals surface area contributed by atoms with Gasteiger partial charge in [-0.1, -0.05) is 36.4 Å². The molecule has 0 heterocycles. The van der Waals surface area contributed by atoms with Crippen LogP contribution in [0, 0.1) is 5.82 Å². The van der Waals surface area contributed by atoms with E-state index in [1.165, 1.54) is 18.2 Å². The molecule has 2 nitrogen and oxygen atoms in total. The van der Waals surface area contributed by atoms with E-state index in [9.17, 15) is 4.39 Å². The summed E-state index contributed by atoms with van der Waals surface area (Å²) >= 11 is 0. The Hall–Kier alpha value is -2.55. The SMILES string of the molecule is Nc1cc(F)ccc1Oc1cccc2ccccc12. The Labute approximate surface area is 110 Å². The molecular formula is C16H12FNO. The molecule has 19 heavy (non-hydrogen) atoms. The molecule has 0 aliphatic heterocycles. The van der Waals surface area contributed by atoms with Crippen LogP contribution in [0.5, 0.6) is 11.5 Å². The molecule has 0 unspecified atom stereocenters. The Kier molecular flexibility index (Phi) is 2.80. The molecule has 0 saturated carbocycles. The Balaban J connectivity index is 2.06. The molecule has 0 amide bonds. The topological polar surface area (TPSA) is 35.2 Å². The predicted molar refractivity (Wildman–Crippen MR) is 74.8 cm³/mol. The monoisotopic (exact) mass is 253 g/mol. The number of fused-ring (bicyclic) bond motifs is 1. The van der Waals surface area contributed by atoms with Gasteiger partial charge in [-0.05, 0) is 23.6 Å². The second-order valence-electron chi connectivity index (χ2n) is 4.26. The van der Waals surface area contributed by atoms with Crippen molar-refractivity contribution in [2.24, 2.45) is 0 Å². The van der Waals surface area contributed by atoms with Gasteiger partial charge in [-0.15, -0.1) is 0 Å². The molecule has 3 aromatic carbocycles. The molecule has 2 N–H and O–H groups in total. The van der Waals surface area contributed by atoms with E-state index in [0.717, 1.165) is 10.8 Å². The van der Waals surface area contributed by atoms with Crippen molar-refractivity contribution in [3.05, 3.63) is 66.5 Å². The lowest BCUT2D eigenvalue weighted by Crippen LogP contribution is -1.93. The zero-order valence-corrected chi connectivity index (χ0v) is 10.1. The van der Waals surface area contributed by atoms with Crippen LogP contribution in [0.2, 0.25) is 0 Å². The molecule has 0 spiro atoms. The maximum Gasteiger partial charge on any atom is 0.150 e. The number of halogens is 1. The van der Waals surface area contributed by atoms with E-state index in [2.05, 4.69) is 0 Å². The molecular weight excluding hydrogens is 241 g/mol. The third kappa shape index (κ3) is 2.22. The van der Waals surface area contributed by atoms with E-state index in [-0.39, 0.29) is 11.5 Å². The predicted octanol–water partition coefficient (Wildman–Crippen LogP) is 4.35. The van der Waals surface area contributed by atoms with Crippen molar-refractivity contribution in [2.45, 2.75) is 0 Å². The van der Waals surface area contributed by atoms with E-state index in [1.54, 1.807) is 0 Å². The van der Waals surface area contributed by atoms with E-state index in [4.69, 9.17) is 10.5 Å². The Morgan fingerprint density at radius 3 is 2.47 bits per heavy atom. The summed E-state index contributed by atoms with van der Waals surface area (Å²) in [5.74, 6) is 0.789. The summed E-state index contributed by atoms with van der Waals surface area (Å²) in [6.07, 6.45) is 0. The summed E-state index contributed by atoms with van der Waals surface area (Å²) in [4.78, 5) is 0. The minimum Gasteiger partial charge on any atom is -0.455 e. The summed E-state index contributed by atoms with van der Waals surface area (Å²) in [5.41, 5.74) is 6.03. The van der Waals surface area contributed by atoms with Gasteiger partial charge in [0.2, 0.25) is 0 Å². The molecule has 0 fully saturated rings. The lowest BCUT2D eigenvalue weighted by molar-refractivity contribution is 0.489. The van der Waals surface area contributed by atoms with Crippen LogP contribution < -0.4 is 10.5 Å². The minimum absolute atomic E-state index is 0.285. The van der Waals surface area contributed by atoms with Crippen LogP contribution in [-0.4, -0.2) is 0 Å². The van der Waals surface area contributed by atoms with E-state index in [1.807, 2.05) is 42.5 Å². The number of anilines is 1. The van der Waals surface area contributed by atoms with Crippen LogP contribution in [0.3, 0.4) is 0 Å². The van der Waals surface area contributed by atoms with Crippen LogP contribution >= 0.6 is 0 Å². The van der Waals surface area contributed by atoms with E-state index in [0.29, 0.717) is 11.5 Å². The second-order valence-corrected chi connectivity index (χ2v) is 4.26. The number of ether oxygens (including phenoxy) is 1. The van der Waals surface area contributed by atoms with Crippen LogP contribution in [0.25, 0.3) is 10.8 Å². The molecule has 0 radical (unpaired) electrons. The van der Waals surface area contributed by atoms with Gasteiger partial charge in [0.25, 0.3) is 0 Å². The summed E-state index contributed by atoms with van der Waals surface area (Å²) < 4.78 is 18.8. The van der Waals surface area contributed by atoms with Crippen molar-refractivity contribution in [1.82, 2.24) is 0 Å². The average Bonchev–Trinajstić information content (AvgIpc) is 2.42. The lowest BCUT2D eigenvalue weighted by atomic mass is 10.1. The Bertz CT molecular complexity index is 734. The fraction of sp³-hybridized carbons (Fsp3) is 0. The number of nitrogen functional groups attached to an aromatic ring is 1. The molecule has 0 bridgehead atoms. The molecule has 0 saturated heterocycles. The number of hydrogen-bond acceptors (Lipinski definition) is 2. The van der Waals surface area contributed by atoms with Crippen LogP contribution in [0.1, 0.15) is 0 Å². The molecule has 0 aliphatic rings. The van der Waals surface area contributed by atoms with Gasteiger partial charge >= 0.3 is 0 Å². The first-order valence-corrected chi connectivity index (χ1v) is 5.95. The highest BCUT2D eigenvalue weighted by Crippen LogP contribution is 2.32. The quantitative estimate of drug-likeness (QED) is 0.689. The summed E-state index contributed by atoms with van der Waals surface area (Å²) in [5, 5.41) is 2.08. The third-order valence-electron chi connectivity index (χ3n) is 2.94. The third-order valence-corrected chi connectivity index (χ3v) is 2.94. The molecule has 3 aromatic rings. The molecule has 3 heteroatoms. The molecule has 0 aromatic heterocycles. The first kappa shape index (κ1) is 11.5. The van der Waals surface area contributed by atoms with E-state index < -0.39 is 0 Å². The highest BCUT2D eigenvalue weighted by Gasteiger charge is 2.06. The highest BCUT2D eigenvalue weighted by molar-refractivity contribution is 5.88. The van der Waals surface area contributed by atoms with Gasteiger partial charge in [-0.2, -0.15) is 0 Å². The van der Waals surface area contributed by atoms with Crippen LogP contribution in [0.4, 0.5) is 10.1 Å². The van der Waals surface area contributed by atoms with Crippen molar-refractivity contribution in [2.75, 3.05) is 5.73 Å². The van der Waals surface area contributed by atoms with Crippen molar-refractivity contribution in [1.29, 1.82) is 0 Å². The second kappa shape index (κ2) is 4.61. The van der Waals surface area contributed by atoms with Crippen LogP contribution in [-0.2, 0) is 0 Å². The molecule has 94 valence electrons. The number of rotatable bonds is 2. The van der Waals surface area contributed by atoms with Crippen LogP contribution in [0.15, 0.2) is 60.7 Å². The number of nitrogens with two attached hydrogens (primary N) is 1. The van der Waals surface area contributed by atoms with Crippen molar-refractivity contribution in [3.63, 3.8) is 0 Å². The maximum absolute atomic E-state index is 13.0. The first-order valence-electron chi connectivity index (χ1n) is 5.95. The van der Waals surface area contributed by atoms with Gasteiger partial charge in [-0.3, -0.25) is 0 Å². The van der Waals surface area contributed by atoms with E-state index >= 15 is 0 Å². The fourth-order valence-electron chi connectivity index (χ4n) is 2.02. The first-order chi connectivity index (χ1) is 9.24. The van der Waals surface area contributed by atoms with Gasteiger partial charge < -0.3 is 10.5 Å². The molecule has 3 rings (SSSR count). The Morgan fingerprint density at radius 1 is 0.842 bits per heavy atom. The fourth-order valence-corrected chi connectivity index (χ4v) is 2.02. The number of benzene rings is 3. The molecule has 0 aliphatic carbocycles. The summed E-state index contributed by atoms with van der Waals surface area (Å²) in [6, 6.07) is 17.8. The highest BCUT2D eigenvalue weighted by atomic mass is 19.1. The van der Waals surface area contributed by atoms with Gasteiger partial charge in [0.15, 0.2) is 5.75 Å². The number of hydrogen-bond donors (Lipinski definition) is 1. The zero-order valence-electron chi connectivity index (χ0n) is 10.1. The summed E-state index contributed by atoms with van der Waals surface area (Å²) in [6.45, 7) is 0. The Morgan fingerprint density at radius 2 is 1.63 bits per heavy atom. The van der Waals surface area contributed by atoms with Gasteiger partial charge in [0.1, 0.15) is 11.6 Å². The van der Waals surface area contributed by atoms with Gasteiger partial charge in [0.05, 0.1) is 5.69 Å². The molecule has 0 atom stereocenters. The van der Waals surface area contributed by atoms with Crippen molar-refractivity contribution < 1.29 is 9.13 Å². The van der Waals surface area contributed by atoms with Crippen molar-refractivity contribution >= 4 is 16.5 Å². The lowest BCUT2D eigenvalue weighted by Gasteiger charge is -2.10. The summed E-state index contributed by atoms with van der Waals surface area (Å²) in [7, 11) is 0.